The minimum atomic E-state index is 0.618. The van der Waals surface area contributed by atoms with E-state index in [0.29, 0.717) is 6.54 Å². The van der Waals surface area contributed by atoms with Gasteiger partial charge in [0, 0.05) is 26.5 Å². The van der Waals surface area contributed by atoms with Gasteiger partial charge in [0.2, 0.25) is 0 Å². The van der Waals surface area contributed by atoms with Gasteiger partial charge in [0.05, 0.1) is 12.3 Å². The molecule has 0 bridgehead atoms. The number of aliphatic imine (C=N–C) groups is 3. The third-order valence-corrected chi connectivity index (χ3v) is 1.22. The third kappa shape index (κ3) is 5.53. The Hall–Kier alpha value is -1.25. The van der Waals surface area contributed by atoms with Gasteiger partial charge >= 0.3 is 0 Å². The first-order valence-electron chi connectivity index (χ1n) is 3.84. The Bertz CT molecular complexity index is 212. The zero-order chi connectivity index (χ0) is 9.23. The van der Waals surface area contributed by atoms with Gasteiger partial charge in [0.15, 0.2) is 0 Å². The van der Waals surface area contributed by atoms with Crippen molar-refractivity contribution in [3.63, 3.8) is 0 Å². The highest BCUT2D eigenvalue weighted by molar-refractivity contribution is 6.16. The molecule has 0 aliphatic rings. The molecule has 0 saturated carbocycles. The molecule has 0 saturated heterocycles. The number of hydrogen-bond donors (Lipinski definition) is 0. The fourth-order valence-electron chi connectivity index (χ4n) is 0.650. The van der Waals surface area contributed by atoms with Gasteiger partial charge in [-0.1, -0.05) is 6.08 Å². The van der Waals surface area contributed by atoms with Crippen LogP contribution in [0.25, 0.3) is 0 Å². The topological polar surface area (TPSA) is 37.1 Å². The van der Waals surface area contributed by atoms with E-state index in [-0.39, 0.29) is 0 Å². The molecule has 0 aromatic heterocycles. The summed E-state index contributed by atoms with van der Waals surface area (Å²) in [5.74, 6) is 0. The van der Waals surface area contributed by atoms with E-state index in [4.69, 9.17) is 0 Å². The molecule has 0 amide bonds. The van der Waals surface area contributed by atoms with Gasteiger partial charge < -0.3 is 0 Å². The second-order valence-corrected chi connectivity index (χ2v) is 2.11. The molecule has 0 heterocycles. The second kappa shape index (κ2) is 7.85. The minimum absolute atomic E-state index is 0.618. The quantitative estimate of drug-likeness (QED) is 0.565. The predicted octanol–water partition coefficient (Wildman–Crippen LogP) is 1.40. The zero-order valence-electron chi connectivity index (χ0n) is 7.86. The van der Waals surface area contributed by atoms with Crippen LogP contribution in [0.5, 0.6) is 0 Å². The average Bonchev–Trinajstić information content (AvgIpc) is 2.10. The Morgan fingerprint density at radius 1 is 1.25 bits per heavy atom. The van der Waals surface area contributed by atoms with Crippen LogP contribution < -0.4 is 0 Å². The molecular formula is C9H15N3. The highest BCUT2D eigenvalue weighted by Crippen LogP contribution is 1.82. The van der Waals surface area contributed by atoms with Crippen LogP contribution in [0.3, 0.4) is 0 Å². The van der Waals surface area contributed by atoms with Gasteiger partial charge in [-0.25, -0.2) is 0 Å². The Balaban J connectivity index is 3.89. The second-order valence-electron chi connectivity index (χ2n) is 2.11. The molecule has 0 aliphatic carbocycles. The van der Waals surface area contributed by atoms with Crippen molar-refractivity contribution < 1.29 is 0 Å². The zero-order valence-corrected chi connectivity index (χ0v) is 7.86. The fraction of sp³-hybridized carbons (Fsp3) is 0.444. The van der Waals surface area contributed by atoms with Gasteiger partial charge in [0.25, 0.3) is 0 Å². The lowest BCUT2D eigenvalue weighted by Gasteiger charge is -1.91. The molecular weight excluding hydrogens is 150 g/mol. The molecule has 0 aliphatic heterocycles. The van der Waals surface area contributed by atoms with Crippen molar-refractivity contribution in [1.82, 2.24) is 0 Å². The summed E-state index contributed by atoms with van der Waals surface area (Å²) >= 11 is 0. The standard InChI is InChI=1S/C9H15N3/c1-4-5-9(11-3)8-12-7-6-10-2/h4-7H,8H2,1-3H3/b5-4-,10-6-,11-9+,12-7-. The fourth-order valence-corrected chi connectivity index (χ4v) is 0.650. The van der Waals surface area contributed by atoms with Crippen LogP contribution in [0, 0.1) is 0 Å². The lowest BCUT2D eigenvalue weighted by atomic mass is 10.3. The summed E-state index contributed by atoms with van der Waals surface area (Å²) in [6, 6.07) is 0. The number of allylic oxidation sites excluding steroid dienone is 1. The Kier molecular flexibility index (Phi) is 7.03. The van der Waals surface area contributed by atoms with E-state index in [1.54, 1.807) is 26.5 Å². The van der Waals surface area contributed by atoms with Gasteiger partial charge in [-0.15, -0.1) is 0 Å². The molecule has 3 heteroatoms. The summed E-state index contributed by atoms with van der Waals surface area (Å²) in [6.45, 7) is 2.58. The van der Waals surface area contributed by atoms with Gasteiger partial charge in [0.1, 0.15) is 0 Å². The van der Waals surface area contributed by atoms with E-state index in [0.717, 1.165) is 5.71 Å². The average molecular weight is 165 g/mol. The van der Waals surface area contributed by atoms with Crippen LogP contribution in [0.1, 0.15) is 6.92 Å². The van der Waals surface area contributed by atoms with Crippen LogP contribution in [0.4, 0.5) is 0 Å². The SMILES string of the molecule is C/C=C\C(C/N=C\C=N/C)=N/C. The summed E-state index contributed by atoms with van der Waals surface area (Å²) in [5.41, 5.74) is 0.971. The summed E-state index contributed by atoms with van der Waals surface area (Å²) in [4.78, 5) is 11.9. The van der Waals surface area contributed by atoms with Crippen LogP contribution in [0.2, 0.25) is 0 Å². The molecule has 12 heavy (non-hydrogen) atoms. The molecule has 0 aromatic carbocycles. The lowest BCUT2D eigenvalue weighted by Crippen LogP contribution is -1.98. The Morgan fingerprint density at radius 3 is 2.50 bits per heavy atom. The third-order valence-electron chi connectivity index (χ3n) is 1.22. The highest BCUT2D eigenvalue weighted by Gasteiger charge is 1.86. The van der Waals surface area contributed by atoms with Crippen molar-refractivity contribution in [1.29, 1.82) is 0 Å². The molecule has 0 spiro atoms. The smallest absolute Gasteiger partial charge is 0.0807 e. The number of hydrogen-bond acceptors (Lipinski definition) is 3. The van der Waals surface area contributed by atoms with E-state index in [1.807, 2.05) is 19.1 Å². The first-order chi connectivity index (χ1) is 5.85. The van der Waals surface area contributed by atoms with E-state index in [2.05, 4.69) is 15.0 Å². The van der Waals surface area contributed by atoms with Crippen molar-refractivity contribution in [2.45, 2.75) is 6.92 Å². The molecule has 0 N–H and O–H groups in total. The molecule has 66 valence electrons. The Labute approximate surface area is 73.7 Å². The summed E-state index contributed by atoms with van der Waals surface area (Å²) in [6.07, 6.45) is 7.23. The lowest BCUT2D eigenvalue weighted by molar-refractivity contribution is 1.28. The van der Waals surface area contributed by atoms with Crippen LogP contribution in [-0.4, -0.2) is 38.8 Å². The normalized spacial score (nSPS) is 14.1. The first-order valence-corrected chi connectivity index (χ1v) is 3.84. The van der Waals surface area contributed by atoms with Crippen molar-refractivity contribution >= 4 is 18.1 Å². The molecule has 0 radical (unpaired) electrons. The van der Waals surface area contributed by atoms with Gasteiger partial charge in [-0.05, 0) is 13.0 Å². The van der Waals surface area contributed by atoms with E-state index in [9.17, 15) is 0 Å². The maximum Gasteiger partial charge on any atom is 0.0807 e. The number of nitrogens with zero attached hydrogens (tertiary/aromatic N) is 3. The number of rotatable bonds is 4. The van der Waals surface area contributed by atoms with E-state index in [1.165, 1.54) is 0 Å². The first kappa shape index (κ1) is 10.8. The maximum atomic E-state index is 4.09. The summed E-state index contributed by atoms with van der Waals surface area (Å²) in [7, 11) is 3.48. The van der Waals surface area contributed by atoms with Crippen LogP contribution in [0.15, 0.2) is 27.1 Å². The molecule has 0 unspecified atom stereocenters. The predicted molar refractivity (Wildman–Crippen MR) is 55.9 cm³/mol. The molecule has 0 fully saturated rings. The van der Waals surface area contributed by atoms with Crippen LogP contribution >= 0.6 is 0 Å². The van der Waals surface area contributed by atoms with Crippen molar-refractivity contribution in [2.75, 3.05) is 20.6 Å². The maximum absolute atomic E-state index is 4.09. The molecule has 0 atom stereocenters. The molecule has 3 nitrogen and oxygen atoms in total. The summed E-state index contributed by atoms with van der Waals surface area (Å²) < 4.78 is 0. The monoisotopic (exact) mass is 165 g/mol. The molecule has 0 rings (SSSR count). The van der Waals surface area contributed by atoms with Gasteiger partial charge in [-0.3, -0.25) is 15.0 Å². The highest BCUT2D eigenvalue weighted by atomic mass is 14.8. The van der Waals surface area contributed by atoms with Crippen molar-refractivity contribution in [2.24, 2.45) is 15.0 Å². The van der Waals surface area contributed by atoms with Crippen molar-refractivity contribution in [3.8, 4) is 0 Å². The molecule has 0 aromatic rings. The Morgan fingerprint density at radius 2 is 2.00 bits per heavy atom. The van der Waals surface area contributed by atoms with E-state index >= 15 is 0 Å². The minimum Gasteiger partial charge on any atom is -0.295 e. The van der Waals surface area contributed by atoms with Crippen molar-refractivity contribution in [3.05, 3.63) is 12.2 Å². The largest absolute Gasteiger partial charge is 0.295 e. The summed E-state index contributed by atoms with van der Waals surface area (Å²) in [5, 5.41) is 0. The van der Waals surface area contributed by atoms with E-state index < -0.39 is 0 Å². The van der Waals surface area contributed by atoms with Crippen LogP contribution in [-0.2, 0) is 0 Å². The van der Waals surface area contributed by atoms with Gasteiger partial charge in [-0.2, -0.15) is 0 Å².